The molecule has 0 spiro atoms. The molecule has 0 heterocycles. The highest BCUT2D eigenvalue weighted by molar-refractivity contribution is 7.83. The van der Waals surface area contributed by atoms with Crippen LogP contribution in [0.1, 0.15) is 6.92 Å². The first kappa shape index (κ1) is 16.6. The third-order valence-corrected chi connectivity index (χ3v) is 0. The van der Waals surface area contributed by atoms with Gasteiger partial charge >= 0.3 is 10.3 Å². The van der Waals surface area contributed by atoms with Gasteiger partial charge in [-0.25, -0.2) is 5.14 Å². The summed E-state index contributed by atoms with van der Waals surface area (Å²) in [4.78, 5) is 0. The molecule has 0 rings (SSSR count). The van der Waals surface area contributed by atoms with Gasteiger partial charge in [-0.15, -0.1) is 11.6 Å². The Morgan fingerprint density at radius 2 is 1.50 bits per heavy atom. The zero-order valence-electron chi connectivity index (χ0n) is 5.78. The summed E-state index contributed by atoms with van der Waals surface area (Å²) in [7, 11) is -4.17. The largest absolute Gasteiger partial charge is 0.397 e. The molecule has 66 valence electrons. The Bertz CT molecular complexity index is 114. The van der Waals surface area contributed by atoms with E-state index in [-0.39, 0.29) is 6.61 Å². The van der Waals surface area contributed by atoms with Crippen molar-refractivity contribution < 1.29 is 18.1 Å². The minimum atomic E-state index is -4.17. The summed E-state index contributed by atoms with van der Waals surface area (Å²) in [6, 6.07) is 0. The highest BCUT2D eigenvalue weighted by atomic mass is 35.5. The van der Waals surface area contributed by atoms with Crippen LogP contribution in [-0.4, -0.2) is 31.1 Å². The quantitative estimate of drug-likeness (QED) is 0.360. The number of aliphatic hydroxyl groups excluding tert-OH is 1. The van der Waals surface area contributed by atoms with Gasteiger partial charge in [0.15, 0.2) is 0 Å². The fourth-order valence-corrected chi connectivity index (χ4v) is 0. The van der Waals surface area contributed by atoms with Gasteiger partial charge in [0.05, 0.1) is 0 Å². The van der Waals surface area contributed by atoms with E-state index >= 15 is 0 Å². The Labute approximate surface area is 65.7 Å². The van der Waals surface area contributed by atoms with E-state index < -0.39 is 10.3 Å². The standard InChI is InChI=1S/C2H6O.CH3Cl.H3NO3S/c1-2-3;1-2;1-5(2,3)4/h3H,2H2,1H3;1H3;(H3,1,2,3,4). The maximum Gasteiger partial charge on any atom is 0.330 e. The van der Waals surface area contributed by atoms with Crippen molar-refractivity contribution in [1.29, 1.82) is 0 Å². The average Bonchev–Trinajstić information content (AvgIpc) is 1.68. The predicted molar refractivity (Wildman–Crippen MR) is 40.3 cm³/mol. The van der Waals surface area contributed by atoms with E-state index in [2.05, 4.69) is 16.7 Å². The predicted octanol–water partition coefficient (Wildman–Crippen LogP) is -0.398. The fourth-order valence-electron chi connectivity index (χ4n) is 0. The maximum absolute atomic E-state index is 8.97. The molecule has 0 fully saturated rings. The minimum Gasteiger partial charge on any atom is -0.397 e. The van der Waals surface area contributed by atoms with Gasteiger partial charge in [0.2, 0.25) is 0 Å². The van der Waals surface area contributed by atoms with E-state index in [4.69, 9.17) is 18.1 Å². The van der Waals surface area contributed by atoms with Gasteiger partial charge in [-0.1, -0.05) is 0 Å². The second-order valence-electron chi connectivity index (χ2n) is 0.831. The number of halogens is 1. The van der Waals surface area contributed by atoms with Gasteiger partial charge in [-0.05, 0) is 6.92 Å². The molecule has 0 aliphatic rings. The number of hydrogen-bond donors (Lipinski definition) is 3. The minimum absolute atomic E-state index is 0.250. The lowest BCUT2D eigenvalue weighted by Gasteiger charge is -1.70. The van der Waals surface area contributed by atoms with E-state index in [0.29, 0.717) is 0 Å². The number of hydrogen-bond acceptors (Lipinski definition) is 3. The van der Waals surface area contributed by atoms with E-state index in [9.17, 15) is 0 Å². The van der Waals surface area contributed by atoms with Crippen LogP contribution in [0.3, 0.4) is 0 Å². The van der Waals surface area contributed by atoms with Crippen LogP contribution in [0.25, 0.3) is 0 Å². The second-order valence-corrected chi connectivity index (χ2v) is 1.86. The summed E-state index contributed by atoms with van der Waals surface area (Å²) < 4.78 is 25.2. The maximum atomic E-state index is 8.97. The van der Waals surface area contributed by atoms with Crippen molar-refractivity contribution in [3.05, 3.63) is 0 Å². The van der Waals surface area contributed by atoms with Crippen molar-refractivity contribution in [2.24, 2.45) is 5.14 Å². The van der Waals surface area contributed by atoms with Crippen LogP contribution in [0.4, 0.5) is 0 Å². The van der Waals surface area contributed by atoms with Crippen LogP contribution >= 0.6 is 11.6 Å². The molecule has 0 radical (unpaired) electrons. The normalized spacial score (nSPS) is 8.20. The van der Waals surface area contributed by atoms with Gasteiger partial charge in [-0.3, -0.25) is 4.55 Å². The molecule has 0 aliphatic carbocycles. The van der Waals surface area contributed by atoms with Crippen molar-refractivity contribution >= 4 is 21.9 Å². The summed E-state index contributed by atoms with van der Waals surface area (Å²) in [6.07, 6.45) is 1.47. The van der Waals surface area contributed by atoms with E-state index in [1.54, 1.807) is 6.92 Å². The first-order valence-electron chi connectivity index (χ1n) is 2.15. The van der Waals surface area contributed by atoms with Gasteiger partial charge in [0, 0.05) is 13.0 Å². The Balaban J connectivity index is -0.0000000847. The van der Waals surface area contributed by atoms with Gasteiger partial charge < -0.3 is 5.11 Å². The highest BCUT2D eigenvalue weighted by Crippen LogP contribution is 1.50. The van der Waals surface area contributed by atoms with Crippen LogP contribution in [-0.2, 0) is 10.3 Å². The van der Waals surface area contributed by atoms with E-state index in [1.165, 1.54) is 6.38 Å². The molecule has 4 N–H and O–H groups in total. The Morgan fingerprint density at radius 1 is 1.50 bits per heavy atom. The molecule has 0 aliphatic heterocycles. The second kappa shape index (κ2) is 11.9. The molecular formula is C3H12ClNO4S. The van der Waals surface area contributed by atoms with Crippen LogP contribution in [0, 0.1) is 0 Å². The third-order valence-electron chi connectivity index (χ3n) is 0. The molecule has 0 amide bonds. The lowest BCUT2D eigenvalue weighted by atomic mass is 10.9. The summed E-state index contributed by atoms with van der Waals surface area (Å²) >= 11 is 4.64. The van der Waals surface area contributed by atoms with Gasteiger partial charge in [0.1, 0.15) is 0 Å². The van der Waals surface area contributed by atoms with Crippen molar-refractivity contribution in [2.45, 2.75) is 6.92 Å². The van der Waals surface area contributed by atoms with Crippen molar-refractivity contribution in [2.75, 3.05) is 13.0 Å². The van der Waals surface area contributed by atoms with E-state index in [1.807, 2.05) is 0 Å². The molecular weight excluding hydrogens is 182 g/mol. The molecule has 0 unspecified atom stereocenters. The molecule has 0 atom stereocenters. The first-order valence-corrected chi connectivity index (χ1v) is 4.41. The Morgan fingerprint density at radius 3 is 1.50 bits per heavy atom. The van der Waals surface area contributed by atoms with Crippen molar-refractivity contribution in [3.8, 4) is 0 Å². The topological polar surface area (TPSA) is 101 Å². The molecule has 0 saturated carbocycles. The summed E-state index contributed by atoms with van der Waals surface area (Å²) in [6.45, 7) is 1.93. The number of rotatable bonds is 0. The zero-order valence-corrected chi connectivity index (χ0v) is 7.35. The Hall–Kier alpha value is 0.120. The summed E-state index contributed by atoms with van der Waals surface area (Å²) in [5, 5.41) is 11.5. The molecule has 0 saturated heterocycles. The first-order chi connectivity index (χ1) is 4.41. The molecule has 10 heavy (non-hydrogen) atoms. The Kier molecular flexibility index (Phi) is 19.7. The SMILES string of the molecule is CCO.CCl.NS(=O)(=O)O. The molecule has 0 aromatic carbocycles. The molecule has 0 aromatic rings. The van der Waals surface area contributed by atoms with E-state index in [0.717, 1.165) is 0 Å². The average molecular weight is 194 g/mol. The van der Waals surface area contributed by atoms with Crippen LogP contribution in [0.2, 0.25) is 0 Å². The summed E-state index contributed by atoms with van der Waals surface area (Å²) in [5.41, 5.74) is 0. The van der Waals surface area contributed by atoms with Crippen LogP contribution in [0.5, 0.6) is 0 Å². The number of alkyl halides is 1. The van der Waals surface area contributed by atoms with Crippen LogP contribution in [0.15, 0.2) is 0 Å². The monoisotopic (exact) mass is 193 g/mol. The highest BCUT2D eigenvalue weighted by Gasteiger charge is 1.81. The lowest BCUT2D eigenvalue weighted by Crippen LogP contribution is -2.08. The lowest BCUT2D eigenvalue weighted by molar-refractivity contribution is 0.318. The van der Waals surface area contributed by atoms with Crippen molar-refractivity contribution in [1.82, 2.24) is 0 Å². The molecule has 0 aromatic heterocycles. The summed E-state index contributed by atoms with van der Waals surface area (Å²) in [5.74, 6) is 0. The van der Waals surface area contributed by atoms with Crippen molar-refractivity contribution in [3.63, 3.8) is 0 Å². The smallest absolute Gasteiger partial charge is 0.330 e. The molecule has 0 bridgehead atoms. The number of aliphatic hydroxyl groups is 1. The molecule has 7 heteroatoms. The zero-order chi connectivity index (χ0) is 9.21. The molecule has 5 nitrogen and oxygen atoms in total. The third kappa shape index (κ3) is 28600. The number of nitrogens with two attached hydrogens (primary N) is 1. The van der Waals surface area contributed by atoms with Gasteiger partial charge in [-0.2, -0.15) is 8.42 Å². The van der Waals surface area contributed by atoms with Crippen LogP contribution < -0.4 is 5.14 Å². The fraction of sp³-hybridized carbons (Fsp3) is 1.00. The van der Waals surface area contributed by atoms with Gasteiger partial charge in [0.25, 0.3) is 0 Å².